The van der Waals surface area contributed by atoms with Crippen LogP contribution in [0.15, 0.2) is 18.2 Å². The van der Waals surface area contributed by atoms with Gasteiger partial charge in [-0.2, -0.15) is 0 Å². The van der Waals surface area contributed by atoms with Crippen molar-refractivity contribution in [3.05, 3.63) is 29.3 Å². The Morgan fingerprint density at radius 2 is 2.14 bits per heavy atom. The van der Waals surface area contributed by atoms with Crippen LogP contribution < -0.4 is 11.5 Å². The van der Waals surface area contributed by atoms with Crippen molar-refractivity contribution in [1.29, 1.82) is 5.41 Å². The number of hydrogen-bond acceptors (Lipinski definition) is 3. The molecule has 0 aliphatic rings. The van der Waals surface area contributed by atoms with E-state index in [0.29, 0.717) is 11.3 Å². The predicted octanol–water partition coefficient (Wildman–Crippen LogP) is 0.684. The second-order valence-corrected chi connectivity index (χ2v) is 3.01. The predicted molar refractivity (Wildman–Crippen MR) is 56.3 cm³/mol. The molecular weight excluding hydrogens is 178 g/mol. The number of amides is 1. The number of nitrogens with one attached hydrogen (secondary N) is 1. The zero-order chi connectivity index (χ0) is 10.7. The van der Waals surface area contributed by atoms with Crippen molar-refractivity contribution < 1.29 is 4.79 Å². The summed E-state index contributed by atoms with van der Waals surface area (Å²) in [5.74, 6) is -0.763. The lowest BCUT2D eigenvalue weighted by Crippen LogP contribution is -2.24. The third kappa shape index (κ3) is 1.90. The molecule has 0 aromatic heterocycles. The fourth-order valence-electron chi connectivity index (χ4n) is 1.19. The molecular formula is C10H13N3O. The van der Waals surface area contributed by atoms with Crippen LogP contribution in [-0.4, -0.2) is 11.6 Å². The molecule has 1 rings (SSSR count). The number of nitrogens with two attached hydrogens (primary N) is 2. The van der Waals surface area contributed by atoms with Crippen molar-refractivity contribution >= 4 is 17.3 Å². The highest BCUT2D eigenvalue weighted by molar-refractivity contribution is 6.44. The number of primary amides is 1. The van der Waals surface area contributed by atoms with Gasteiger partial charge in [0, 0.05) is 11.3 Å². The lowest BCUT2D eigenvalue weighted by atomic mass is 10.0. The first kappa shape index (κ1) is 10.2. The summed E-state index contributed by atoms with van der Waals surface area (Å²) in [7, 11) is 0. The Hall–Kier alpha value is -1.84. The van der Waals surface area contributed by atoms with Crippen LogP contribution in [-0.2, 0) is 11.2 Å². The number of hydrogen-bond donors (Lipinski definition) is 3. The quantitative estimate of drug-likeness (QED) is 0.484. The zero-order valence-corrected chi connectivity index (χ0v) is 8.00. The molecule has 1 aromatic rings. The van der Waals surface area contributed by atoms with Gasteiger partial charge in [0.25, 0.3) is 5.91 Å². The van der Waals surface area contributed by atoms with Crippen LogP contribution in [0.2, 0.25) is 0 Å². The first-order valence-corrected chi connectivity index (χ1v) is 4.33. The zero-order valence-electron chi connectivity index (χ0n) is 8.00. The van der Waals surface area contributed by atoms with Crippen LogP contribution in [0.1, 0.15) is 18.1 Å². The number of anilines is 1. The molecule has 74 valence electrons. The lowest BCUT2D eigenvalue weighted by Gasteiger charge is -2.06. The second kappa shape index (κ2) is 3.91. The molecule has 0 radical (unpaired) electrons. The minimum Gasteiger partial charge on any atom is -0.398 e. The highest BCUT2D eigenvalue weighted by Crippen LogP contribution is 2.15. The smallest absolute Gasteiger partial charge is 0.267 e. The van der Waals surface area contributed by atoms with Crippen molar-refractivity contribution in [3.63, 3.8) is 0 Å². The van der Waals surface area contributed by atoms with E-state index in [2.05, 4.69) is 0 Å². The van der Waals surface area contributed by atoms with Crippen molar-refractivity contribution in [2.75, 3.05) is 5.73 Å². The molecule has 4 nitrogen and oxygen atoms in total. The van der Waals surface area contributed by atoms with Gasteiger partial charge < -0.3 is 11.5 Å². The number of carbonyl (C=O) groups is 1. The molecule has 0 saturated carbocycles. The number of carbonyl (C=O) groups excluding carboxylic acids is 1. The fourth-order valence-corrected chi connectivity index (χ4v) is 1.19. The molecule has 0 spiro atoms. The van der Waals surface area contributed by atoms with Crippen LogP contribution >= 0.6 is 0 Å². The van der Waals surface area contributed by atoms with Crippen molar-refractivity contribution in [2.24, 2.45) is 5.73 Å². The minimum atomic E-state index is -0.763. The largest absolute Gasteiger partial charge is 0.398 e. The van der Waals surface area contributed by atoms with Crippen LogP contribution in [0.3, 0.4) is 0 Å². The van der Waals surface area contributed by atoms with Crippen molar-refractivity contribution in [1.82, 2.24) is 0 Å². The molecule has 0 saturated heterocycles. The molecule has 0 aliphatic carbocycles. The van der Waals surface area contributed by atoms with E-state index in [9.17, 15) is 4.79 Å². The first-order chi connectivity index (χ1) is 6.56. The maximum absolute atomic E-state index is 10.7. The number of aryl methyl sites for hydroxylation is 1. The highest BCUT2D eigenvalue weighted by atomic mass is 16.1. The number of benzene rings is 1. The summed E-state index contributed by atoms with van der Waals surface area (Å²) in [5.41, 5.74) is 12.3. The minimum absolute atomic E-state index is 0.245. The summed E-state index contributed by atoms with van der Waals surface area (Å²) in [4.78, 5) is 10.7. The summed E-state index contributed by atoms with van der Waals surface area (Å²) >= 11 is 0. The third-order valence-electron chi connectivity index (χ3n) is 2.04. The van der Waals surface area contributed by atoms with Crippen LogP contribution in [0, 0.1) is 5.41 Å². The molecule has 0 heterocycles. The number of nitrogen functional groups attached to an aromatic ring is 1. The summed E-state index contributed by atoms with van der Waals surface area (Å²) < 4.78 is 0. The van der Waals surface area contributed by atoms with E-state index < -0.39 is 5.91 Å². The van der Waals surface area contributed by atoms with E-state index in [4.69, 9.17) is 16.9 Å². The van der Waals surface area contributed by atoms with Crippen molar-refractivity contribution in [2.45, 2.75) is 13.3 Å². The second-order valence-electron chi connectivity index (χ2n) is 3.01. The monoisotopic (exact) mass is 191 g/mol. The van der Waals surface area contributed by atoms with E-state index >= 15 is 0 Å². The van der Waals surface area contributed by atoms with Gasteiger partial charge in [-0.1, -0.05) is 19.1 Å². The van der Waals surface area contributed by atoms with E-state index in [-0.39, 0.29) is 5.71 Å². The van der Waals surface area contributed by atoms with Gasteiger partial charge in [0.1, 0.15) is 5.71 Å². The highest BCUT2D eigenvalue weighted by Gasteiger charge is 2.10. The number of rotatable bonds is 3. The Labute approximate surface area is 82.4 Å². The van der Waals surface area contributed by atoms with Gasteiger partial charge >= 0.3 is 0 Å². The Balaban J connectivity index is 3.12. The third-order valence-corrected chi connectivity index (χ3v) is 2.04. The van der Waals surface area contributed by atoms with E-state index in [1.54, 1.807) is 12.1 Å². The Morgan fingerprint density at radius 3 is 2.57 bits per heavy atom. The molecule has 0 aliphatic heterocycles. The maximum atomic E-state index is 10.7. The molecule has 0 bridgehead atoms. The Bertz CT molecular complexity index is 385. The molecule has 1 aromatic carbocycles. The molecule has 0 unspecified atom stereocenters. The summed E-state index contributed by atoms with van der Waals surface area (Å²) in [6.07, 6.45) is 0.869. The topological polar surface area (TPSA) is 93.0 Å². The van der Waals surface area contributed by atoms with Crippen molar-refractivity contribution in [3.8, 4) is 0 Å². The summed E-state index contributed by atoms with van der Waals surface area (Å²) in [5, 5.41) is 7.40. The van der Waals surface area contributed by atoms with Gasteiger partial charge in [0.2, 0.25) is 0 Å². The summed E-state index contributed by atoms with van der Waals surface area (Å²) in [6.45, 7) is 2.01. The first-order valence-electron chi connectivity index (χ1n) is 4.33. The van der Waals surface area contributed by atoms with Crippen LogP contribution in [0.25, 0.3) is 0 Å². The molecule has 1 amide bonds. The van der Waals surface area contributed by atoms with Crippen LogP contribution in [0.4, 0.5) is 5.69 Å². The Morgan fingerprint density at radius 1 is 1.50 bits per heavy atom. The van der Waals surface area contributed by atoms with Gasteiger partial charge in [-0.05, 0) is 18.1 Å². The standard InChI is InChI=1S/C10H13N3O/c1-2-6-3-4-7(8(11)5-6)9(12)10(13)14/h3-5,12H,2,11H2,1H3,(H2,13,14). The average Bonchev–Trinajstić information content (AvgIpc) is 2.16. The van der Waals surface area contributed by atoms with Gasteiger partial charge in [-0.25, -0.2) is 0 Å². The molecule has 0 atom stereocenters. The molecule has 4 heteroatoms. The Kier molecular flexibility index (Phi) is 2.86. The molecule has 5 N–H and O–H groups in total. The van der Waals surface area contributed by atoms with E-state index in [0.717, 1.165) is 12.0 Å². The summed E-state index contributed by atoms with van der Waals surface area (Å²) in [6, 6.07) is 5.25. The molecule has 14 heavy (non-hydrogen) atoms. The van der Waals surface area contributed by atoms with E-state index in [1.807, 2.05) is 13.0 Å². The maximum Gasteiger partial charge on any atom is 0.267 e. The molecule has 0 fully saturated rings. The SMILES string of the molecule is CCc1ccc(C(=N)C(N)=O)c(N)c1. The van der Waals surface area contributed by atoms with Gasteiger partial charge in [0.05, 0.1) is 0 Å². The van der Waals surface area contributed by atoms with Crippen LogP contribution in [0.5, 0.6) is 0 Å². The average molecular weight is 191 g/mol. The van der Waals surface area contributed by atoms with Gasteiger partial charge in [-0.3, -0.25) is 10.2 Å². The fraction of sp³-hybridized carbons (Fsp3) is 0.200. The van der Waals surface area contributed by atoms with E-state index in [1.165, 1.54) is 0 Å². The lowest BCUT2D eigenvalue weighted by molar-refractivity contribution is -0.112. The normalized spacial score (nSPS) is 9.79. The van der Waals surface area contributed by atoms with Gasteiger partial charge in [0.15, 0.2) is 0 Å². The van der Waals surface area contributed by atoms with Gasteiger partial charge in [-0.15, -0.1) is 0 Å².